The van der Waals surface area contributed by atoms with Gasteiger partial charge >= 0.3 is 6.03 Å². The second-order valence-electron chi connectivity index (χ2n) is 8.12. The van der Waals surface area contributed by atoms with Gasteiger partial charge in [-0.3, -0.25) is 14.6 Å². The van der Waals surface area contributed by atoms with Crippen LogP contribution in [0.1, 0.15) is 31.2 Å². The highest BCUT2D eigenvalue weighted by Gasteiger charge is 2.53. The Balaban J connectivity index is 1.36. The van der Waals surface area contributed by atoms with Gasteiger partial charge in [0.15, 0.2) is 0 Å². The number of nitrogens with one attached hydrogen (secondary N) is 1. The first-order valence-electron chi connectivity index (χ1n) is 9.78. The van der Waals surface area contributed by atoms with E-state index in [0.29, 0.717) is 12.8 Å². The number of carbonyl (C=O) groups is 2. The lowest BCUT2D eigenvalue weighted by Crippen LogP contribution is -2.55. The van der Waals surface area contributed by atoms with Crippen molar-refractivity contribution in [3.8, 4) is 0 Å². The van der Waals surface area contributed by atoms with Gasteiger partial charge in [0.05, 0.1) is 0 Å². The third-order valence-electron chi connectivity index (χ3n) is 6.28. The number of carbonyl (C=O) groups excluding carboxylic acids is 2. The van der Waals surface area contributed by atoms with Crippen LogP contribution in [0.2, 0.25) is 0 Å². The Morgan fingerprint density at radius 2 is 1.70 bits per heavy atom. The predicted octanol–water partition coefficient (Wildman–Crippen LogP) is 1.81. The van der Waals surface area contributed by atoms with E-state index in [9.17, 15) is 14.0 Å². The molecule has 27 heavy (non-hydrogen) atoms. The zero-order valence-electron chi connectivity index (χ0n) is 15.8. The molecule has 6 nitrogen and oxygen atoms in total. The summed E-state index contributed by atoms with van der Waals surface area (Å²) in [6.45, 7) is 4.08. The van der Waals surface area contributed by atoms with E-state index >= 15 is 0 Å². The zero-order valence-corrected chi connectivity index (χ0v) is 15.8. The van der Waals surface area contributed by atoms with E-state index in [-0.39, 0.29) is 23.8 Å². The number of piperidine rings is 2. The van der Waals surface area contributed by atoms with Crippen molar-refractivity contribution in [3.63, 3.8) is 0 Å². The van der Waals surface area contributed by atoms with Crippen LogP contribution in [-0.2, 0) is 11.3 Å². The third kappa shape index (κ3) is 3.58. The number of imide groups is 1. The summed E-state index contributed by atoms with van der Waals surface area (Å²) < 4.78 is 13.0. The van der Waals surface area contributed by atoms with Gasteiger partial charge < -0.3 is 10.2 Å². The predicted molar refractivity (Wildman–Crippen MR) is 99.5 cm³/mol. The van der Waals surface area contributed by atoms with Gasteiger partial charge in [0.1, 0.15) is 11.4 Å². The molecule has 3 aliphatic heterocycles. The number of urea groups is 1. The van der Waals surface area contributed by atoms with Crippen molar-refractivity contribution in [1.82, 2.24) is 20.0 Å². The van der Waals surface area contributed by atoms with Crippen LogP contribution in [0.4, 0.5) is 9.18 Å². The van der Waals surface area contributed by atoms with Gasteiger partial charge in [0.25, 0.3) is 5.91 Å². The molecule has 0 bridgehead atoms. The summed E-state index contributed by atoms with van der Waals surface area (Å²) in [4.78, 5) is 31.6. The number of rotatable bonds is 3. The van der Waals surface area contributed by atoms with E-state index in [2.05, 4.69) is 15.1 Å². The van der Waals surface area contributed by atoms with Crippen molar-refractivity contribution in [1.29, 1.82) is 0 Å². The molecule has 1 N–H and O–H groups in total. The lowest BCUT2D eigenvalue weighted by atomic mass is 9.87. The Morgan fingerprint density at radius 3 is 2.33 bits per heavy atom. The van der Waals surface area contributed by atoms with E-state index < -0.39 is 5.54 Å². The maximum absolute atomic E-state index is 13.1. The van der Waals surface area contributed by atoms with Gasteiger partial charge in [-0.1, -0.05) is 12.1 Å². The molecule has 0 saturated carbocycles. The summed E-state index contributed by atoms with van der Waals surface area (Å²) in [6.07, 6.45) is 2.95. The highest BCUT2D eigenvalue weighted by atomic mass is 19.1. The van der Waals surface area contributed by atoms with E-state index in [1.54, 1.807) is 0 Å². The Kier molecular flexibility index (Phi) is 4.90. The molecule has 1 aromatic rings. The smallest absolute Gasteiger partial charge is 0.323 e. The number of likely N-dealkylation sites (tertiary alicyclic amines) is 2. The lowest BCUT2D eigenvalue weighted by molar-refractivity contribution is -0.135. The number of halogens is 1. The largest absolute Gasteiger partial charge is 0.325 e. The normalized spacial score (nSPS) is 24.6. The van der Waals surface area contributed by atoms with Crippen molar-refractivity contribution in [2.75, 3.05) is 33.2 Å². The first kappa shape index (κ1) is 18.4. The second-order valence-corrected chi connectivity index (χ2v) is 8.12. The summed E-state index contributed by atoms with van der Waals surface area (Å²) in [6, 6.07) is 6.33. The molecule has 4 rings (SSSR count). The van der Waals surface area contributed by atoms with Crippen LogP contribution >= 0.6 is 0 Å². The average Bonchev–Trinajstić information content (AvgIpc) is 2.90. The number of benzene rings is 1. The van der Waals surface area contributed by atoms with Crippen LogP contribution in [0.15, 0.2) is 24.3 Å². The Hall–Kier alpha value is -1.99. The van der Waals surface area contributed by atoms with Crippen molar-refractivity contribution >= 4 is 11.9 Å². The van der Waals surface area contributed by atoms with Gasteiger partial charge in [-0.05, 0) is 50.4 Å². The molecular weight excluding hydrogens is 347 g/mol. The fourth-order valence-corrected chi connectivity index (χ4v) is 4.50. The van der Waals surface area contributed by atoms with E-state index in [1.807, 2.05) is 19.2 Å². The molecule has 1 spiro atoms. The van der Waals surface area contributed by atoms with E-state index in [0.717, 1.165) is 51.1 Å². The SMILES string of the molecule is CN1CCC2(CC1)NC(=O)N(C1CCN(Cc3ccc(F)cc3)CC1)C2=O. The first-order chi connectivity index (χ1) is 13.0. The quantitative estimate of drug-likeness (QED) is 0.820. The fourth-order valence-electron chi connectivity index (χ4n) is 4.50. The van der Waals surface area contributed by atoms with Crippen LogP contribution in [0.5, 0.6) is 0 Å². The second kappa shape index (κ2) is 7.20. The standard InChI is InChI=1S/C20H27FN4O2/c1-23-12-8-20(9-13-23)18(26)25(19(27)22-20)17-6-10-24(11-7-17)14-15-2-4-16(21)5-3-15/h2-5,17H,6-14H2,1H3,(H,22,27). The first-order valence-corrected chi connectivity index (χ1v) is 9.78. The summed E-state index contributed by atoms with van der Waals surface area (Å²) in [5.74, 6) is -0.253. The zero-order chi connectivity index (χ0) is 19.0. The molecule has 146 valence electrons. The minimum absolute atomic E-state index is 0.0269. The third-order valence-corrected chi connectivity index (χ3v) is 6.28. The molecule has 3 amide bonds. The molecule has 3 fully saturated rings. The molecule has 7 heteroatoms. The molecule has 3 saturated heterocycles. The van der Waals surface area contributed by atoms with Crippen LogP contribution in [0, 0.1) is 5.82 Å². The maximum atomic E-state index is 13.1. The number of nitrogens with zero attached hydrogens (tertiary/aromatic N) is 3. The summed E-state index contributed by atoms with van der Waals surface area (Å²) in [5.41, 5.74) is 0.393. The molecule has 0 radical (unpaired) electrons. The van der Waals surface area contributed by atoms with Gasteiger partial charge in [-0.2, -0.15) is 0 Å². The van der Waals surface area contributed by atoms with Gasteiger partial charge in [0, 0.05) is 38.8 Å². The topological polar surface area (TPSA) is 55.9 Å². The van der Waals surface area contributed by atoms with Crippen LogP contribution in [0.3, 0.4) is 0 Å². The monoisotopic (exact) mass is 374 g/mol. The van der Waals surface area contributed by atoms with Crippen molar-refractivity contribution in [3.05, 3.63) is 35.6 Å². The van der Waals surface area contributed by atoms with Crippen LogP contribution in [0.25, 0.3) is 0 Å². The Labute approximate surface area is 159 Å². The highest BCUT2D eigenvalue weighted by molar-refractivity contribution is 6.07. The van der Waals surface area contributed by atoms with Gasteiger partial charge in [-0.15, -0.1) is 0 Å². The van der Waals surface area contributed by atoms with Crippen LogP contribution in [-0.4, -0.2) is 71.4 Å². The maximum Gasteiger partial charge on any atom is 0.325 e. The minimum atomic E-state index is -0.686. The average molecular weight is 374 g/mol. The summed E-state index contributed by atoms with van der Waals surface area (Å²) in [5, 5.41) is 3.00. The minimum Gasteiger partial charge on any atom is -0.323 e. The molecule has 0 unspecified atom stereocenters. The van der Waals surface area contributed by atoms with E-state index in [4.69, 9.17) is 0 Å². The van der Waals surface area contributed by atoms with Crippen molar-refractivity contribution in [2.45, 2.75) is 43.8 Å². The highest BCUT2D eigenvalue weighted by Crippen LogP contribution is 2.32. The molecule has 3 heterocycles. The summed E-state index contributed by atoms with van der Waals surface area (Å²) >= 11 is 0. The molecular formula is C20H27FN4O2. The molecule has 0 atom stereocenters. The molecule has 3 aliphatic rings. The Morgan fingerprint density at radius 1 is 1.07 bits per heavy atom. The number of hydrogen-bond donors (Lipinski definition) is 1. The molecule has 0 aliphatic carbocycles. The van der Waals surface area contributed by atoms with E-state index in [1.165, 1.54) is 17.0 Å². The lowest BCUT2D eigenvalue weighted by Gasteiger charge is -2.37. The van der Waals surface area contributed by atoms with Crippen LogP contribution < -0.4 is 5.32 Å². The molecule has 1 aromatic carbocycles. The van der Waals surface area contributed by atoms with Crippen molar-refractivity contribution in [2.24, 2.45) is 0 Å². The Bertz CT molecular complexity index is 707. The fraction of sp³-hybridized carbons (Fsp3) is 0.600. The van der Waals surface area contributed by atoms with Gasteiger partial charge in [0.2, 0.25) is 0 Å². The van der Waals surface area contributed by atoms with Gasteiger partial charge in [-0.25, -0.2) is 9.18 Å². The molecule has 0 aromatic heterocycles. The number of hydrogen-bond acceptors (Lipinski definition) is 4. The summed E-state index contributed by atoms with van der Waals surface area (Å²) in [7, 11) is 2.04. The number of amides is 3. The van der Waals surface area contributed by atoms with Crippen molar-refractivity contribution < 1.29 is 14.0 Å².